The molecule has 0 spiro atoms. The third kappa shape index (κ3) is 4.46. The van der Waals surface area contributed by atoms with Gasteiger partial charge in [0.25, 0.3) is 5.91 Å². The Morgan fingerprint density at radius 1 is 1.23 bits per heavy atom. The number of fused-ring (bicyclic) bond motifs is 1. The van der Waals surface area contributed by atoms with Crippen molar-refractivity contribution < 1.29 is 4.79 Å². The predicted octanol–water partition coefficient (Wildman–Crippen LogP) is 4.35. The SMILES string of the molecule is CCc1c(C(=O)NCc2cc3ccccc3s2)c(=O)cc(C)n1CC1CCCN1CC. The number of likely N-dealkylation sites (tertiary alicyclic amines) is 1. The van der Waals surface area contributed by atoms with Crippen molar-refractivity contribution in [3.05, 3.63) is 68.4 Å². The normalized spacial score (nSPS) is 16.8. The zero-order chi connectivity index (χ0) is 22.0. The van der Waals surface area contributed by atoms with E-state index in [-0.39, 0.29) is 11.3 Å². The van der Waals surface area contributed by atoms with Crippen LogP contribution in [0.1, 0.15) is 53.3 Å². The molecule has 1 aliphatic rings. The molecule has 31 heavy (non-hydrogen) atoms. The number of hydrogen-bond acceptors (Lipinski definition) is 4. The second kappa shape index (κ2) is 9.37. The first-order chi connectivity index (χ1) is 15.0. The average molecular weight is 438 g/mol. The lowest BCUT2D eigenvalue weighted by Gasteiger charge is -2.27. The van der Waals surface area contributed by atoms with Crippen LogP contribution >= 0.6 is 11.3 Å². The first-order valence-corrected chi connectivity index (χ1v) is 12.1. The minimum Gasteiger partial charge on any atom is -0.347 e. The van der Waals surface area contributed by atoms with Crippen molar-refractivity contribution in [1.82, 2.24) is 14.8 Å². The quantitative estimate of drug-likeness (QED) is 0.598. The van der Waals surface area contributed by atoms with E-state index in [1.807, 2.05) is 26.0 Å². The Morgan fingerprint density at radius 3 is 2.77 bits per heavy atom. The zero-order valence-corrected chi connectivity index (χ0v) is 19.4. The molecule has 6 heteroatoms. The van der Waals surface area contributed by atoms with Crippen molar-refractivity contribution in [3.63, 3.8) is 0 Å². The monoisotopic (exact) mass is 437 g/mol. The highest BCUT2D eigenvalue weighted by Crippen LogP contribution is 2.25. The van der Waals surface area contributed by atoms with Gasteiger partial charge in [0, 0.05) is 39.6 Å². The Kier molecular flexibility index (Phi) is 6.58. The molecule has 1 saturated heterocycles. The van der Waals surface area contributed by atoms with Crippen molar-refractivity contribution in [1.29, 1.82) is 0 Å². The molecule has 2 aromatic heterocycles. The summed E-state index contributed by atoms with van der Waals surface area (Å²) in [6, 6.07) is 12.4. The van der Waals surface area contributed by atoms with Gasteiger partial charge in [-0.2, -0.15) is 0 Å². The van der Waals surface area contributed by atoms with E-state index in [1.165, 1.54) is 16.5 Å². The van der Waals surface area contributed by atoms with Gasteiger partial charge in [0.05, 0.1) is 6.54 Å². The minimum atomic E-state index is -0.271. The number of carbonyl (C=O) groups excluding carboxylic acids is 1. The van der Waals surface area contributed by atoms with Gasteiger partial charge in [0.15, 0.2) is 5.43 Å². The maximum Gasteiger partial charge on any atom is 0.257 e. The van der Waals surface area contributed by atoms with Gasteiger partial charge in [-0.1, -0.05) is 32.0 Å². The van der Waals surface area contributed by atoms with Crippen LogP contribution in [-0.2, 0) is 19.5 Å². The van der Waals surface area contributed by atoms with E-state index in [4.69, 9.17) is 0 Å². The lowest BCUT2D eigenvalue weighted by molar-refractivity contribution is 0.0948. The van der Waals surface area contributed by atoms with Crippen LogP contribution in [0.25, 0.3) is 10.1 Å². The van der Waals surface area contributed by atoms with Crippen LogP contribution in [0.4, 0.5) is 0 Å². The number of benzene rings is 1. The van der Waals surface area contributed by atoms with Gasteiger partial charge < -0.3 is 9.88 Å². The zero-order valence-electron chi connectivity index (χ0n) is 18.6. The van der Waals surface area contributed by atoms with Crippen molar-refractivity contribution in [2.75, 3.05) is 13.1 Å². The molecule has 1 atom stereocenters. The molecule has 164 valence electrons. The van der Waals surface area contributed by atoms with E-state index in [1.54, 1.807) is 17.4 Å². The van der Waals surface area contributed by atoms with Crippen LogP contribution in [0.5, 0.6) is 0 Å². The Bertz CT molecular complexity index is 1110. The summed E-state index contributed by atoms with van der Waals surface area (Å²) in [7, 11) is 0. The molecule has 1 fully saturated rings. The van der Waals surface area contributed by atoms with E-state index in [9.17, 15) is 9.59 Å². The number of nitrogens with zero attached hydrogens (tertiary/aromatic N) is 2. The Morgan fingerprint density at radius 2 is 2.03 bits per heavy atom. The highest BCUT2D eigenvalue weighted by atomic mass is 32.1. The lowest BCUT2D eigenvalue weighted by Crippen LogP contribution is -2.37. The molecule has 1 unspecified atom stereocenters. The highest BCUT2D eigenvalue weighted by Gasteiger charge is 2.26. The molecule has 1 amide bonds. The van der Waals surface area contributed by atoms with Crippen molar-refractivity contribution in [2.45, 2.75) is 59.2 Å². The number of thiophene rings is 1. The summed E-state index contributed by atoms with van der Waals surface area (Å²) in [6.45, 7) is 9.63. The Balaban J connectivity index is 1.58. The van der Waals surface area contributed by atoms with E-state index in [0.717, 1.165) is 42.3 Å². The lowest BCUT2D eigenvalue weighted by atomic mass is 10.1. The molecular weight excluding hydrogens is 406 g/mol. The van der Waals surface area contributed by atoms with Gasteiger partial charge in [-0.25, -0.2) is 0 Å². The fraction of sp³-hybridized carbons (Fsp3) is 0.440. The number of nitrogens with one attached hydrogen (secondary N) is 1. The molecular formula is C25H31N3O2S. The highest BCUT2D eigenvalue weighted by molar-refractivity contribution is 7.19. The smallest absolute Gasteiger partial charge is 0.257 e. The van der Waals surface area contributed by atoms with E-state index < -0.39 is 0 Å². The third-order valence-corrected chi connectivity index (χ3v) is 7.50. The first kappa shape index (κ1) is 21.8. The molecule has 5 nitrogen and oxygen atoms in total. The van der Waals surface area contributed by atoms with Crippen LogP contribution in [-0.4, -0.2) is 34.5 Å². The van der Waals surface area contributed by atoms with Gasteiger partial charge in [0.1, 0.15) is 5.56 Å². The largest absolute Gasteiger partial charge is 0.347 e. The maximum atomic E-state index is 13.1. The van der Waals surface area contributed by atoms with Crippen LogP contribution in [0.3, 0.4) is 0 Å². The fourth-order valence-electron chi connectivity index (χ4n) is 4.80. The molecule has 1 aliphatic heterocycles. The summed E-state index contributed by atoms with van der Waals surface area (Å²) in [5, 5.41) is 4.18. The summed E-state index contributed by atoms with van der Waals surface area (Å²) in [5.41, 5.74) is 1.90. The standard InChI is InChI=1S/C25H31N3O2S/c1-4-21-24(25(30)26-15-20-14-18-9-6-7-11-23(18)31-20)22(29)13-17(3)28(21)16-19-10-8-12-27(19)5-2/h6-7,9,11,13-14,19H,4-5,8,10,12,15-16H2,1-3H3,(H,26,30). The predicted molar refractivity (Wildman–Crippen MR) is 128 cm³/mol. The number of pyridine rings is 1. The molecule has 3 heterocycles. The van der Waals surface area contributed by atoms with Crippen molar-refractivity contribution >= 4 is 27.3 Å². The van der Waals surface area contributed by atoms with E-state index in [2.05, 4.69) is 39.9 Å². The third-order valence-electron chi connectivity index (χ3n) is 6.39. The molecule has 1 aromatic carbocycles. The first-order valence-electron chi connectivity index (χ1n) is 11.2. The summed E-state index contributed by atoms with van der Waals surface area (Å²) in [4.78, 5) is 29.6. The number of rotatable bonds is 7. The van der Waals surface area contributed by atoms with Gasteiger partial charge in [-0.3, -0.25) is 14.5 Å². The van der Waals surface area contributed by atoms with E-state index in [0.29, 0.717) is 24.6 Å². The van der Waals surface area contributed by atoms with Gasteiger partial charge in [-0.15, -0.1) is 11.3 Å². The van der Waals surface area contributed by atoms with Crippen LogP contribution < -0.4 is 10.7 Å². The van der Waals surface area contributed by atoms with Gasteiger partial charge in [-0.05, 0) is 56.8 Å². The van der Waals surface area contributed by atoms with Gasteiger partial charge in [0.2, 0.25) is 0 Å². The van der Waals surface area contributed by atoms with Crippen molar-refractivity contribution in [3.8, 4) is 0 Å². The molecule has 1 N–H and O–H groups in total. The number of likely N-dealkylation sites (N-methyl/N-ethyl adjacent to an activating group) is 1. The summed E-state index contributed by atoms with van der Waals surface area (Å²) < 4.78 is 3.41. The number of hydrogen-bond donors (Lipinski definition) is 1. The molecule has 4 rings (SSSR count). The minimum absolute atomic E-state index is 0.182. The summed E-state index contributed by atoms with van der Waals surface area (Å²) in [5.74, 6) is -0.271. The van der Waals surface area contributed by atoms with Crippen molar-refractivity contribution in [2.24, 2.45) is 0 Å². The Labute approximate surface area is 187 Å². The summed E-state index contributed by atoms with van der Waals surface area (Å²) >= 11 is 1.67. The molecule has 0 saturated carbocycles. The molecule has 0 aliphatic carbocycles. The van der Waals surface area contributed by atoms with Crippen LogP contribution in [0.2, 0.25) is 0 Å². The second-order valence-electron chi connectivity index (χ2n) is 8.29. The van der Waals surface area contributed by atoms with Crippen LogP contribution in [0, 0.1) is 6.92 Å². The number of carbonyl (C=O) groups is 1. The fourth-order valence-corrected chi connectivity index (χ4v) is 5.81. The van der Waals surface area contributed by atoms with E-state index >= 15 is 0 Å². The topological polar surface area (TPSA) is 54.3 Å². The number of aromatic nitrogens is 1. The Hall–Kier alpha value is -2.44. The van der Waals surface area contributed by atoms with Gasteiger partial charge >= 0.3 is 0 Å². The average Bonchev–Trinajstić information content (AvgIpc) is 3.39. The summed E-state index contributed by atoms with van der Waals surface area (Å²) in [6.07, 6.45) is 3.03. The second-order valence-corrected chi connectivity index (χ2v) is 9.46. The molecule has 3 aromatic rings. The number of aryl methyl sites for hydroxylation is 1. The maximum absolute atomic E-state index is 13.1. The van der Waals surface area contributed by atoms with Crippen LogP contribution in [0.15, 0.2) is 41.2 Å². The number of amides is 1. The molecule has 0 radical (unpaired) electrons. The molecule has 0 bridgehead atoms.